The molecule has 1 aromatic rings. The molecule has 0 bridgehead atoms. The first kappa shape index (κ1) is 14.7. The van der Waals surface area contributed by atoms with Gasteiger partial charge < -0.3 is 0 Å². The van der Waals surface area contributed by atoms with Crippen molar-refractivity contribution in [3.63, 3.8) is 0 Å². The average Bonchev–Trinajstić information content (AvgIpc) is 2.51. The molecule has 3 rings (SSSR count). The number of benzene rings is 1. The molecule has 0 amide bonds. The average molecular weight is 312 g/mol. The number of nitrogens with zero attached hydrogens (tertiary/aromatic N) is 1. The SMILES string of the molecule is CC1=C2C=CC(=[N+](C)C)C=C2S(=O)(=O)C(c2ccccc2)=C1. The first-order valence-corrected chi connectivity index (χ1v) is 8.57. The van der Waals surface area contributed by atoms with Crippen molar-refractivity contribution in [2.45, 2.75) is 6.92 Å². The molecule has 1 heterocycles. The summed E-state index contributed by atoms with van der Waals surface area (Å²) in [6, 6.07) is 9.25. The molecule has 0 fully saturated rings. The Hall–Kier alpha value is -2.20. The van der Waals surface area contributed by atoms with E-state index in [-0.39, 0.29) is 0 Å². The Morgan fingerprint density at radius 3 is 2.23 bits per heavy atom. The molecule has 0 N–H and O–H groups in total. The first-order chi connectivity index (χ1) is 10.4. The molecule has 0 saturated carbocycles. The standard InChI is InChI=1S/C18H18NO2S/c1-13-11-17(14-7-5-4-6-8-14)22(20,21)18-12-15(19(2)3)9-10-16(13)18/h4-12H,1-3H3/q+1. The lowest BCUT2D eigenvalue weighted by molar-refractivity contribution is -0.462. The van der Waals surface area contributed by atoms with Crippen molar-refractivity contribution in [2.75, 3.05) is 14.1 Å². The van der Waals surface area contributed by atoms with E-state index in [1.165, 1.54) is 0 Å². The quantitative estimate of drug-likeness (QED) is 0.748. The predicted octanol–water partition coefficient (Wildman–Crippen LogP) is 2.94. The molecule has 4 heteroatoms. The van der Waals surface area contributed by atoms with E-state index >= 15 is 0 Å². The molecular weight excluding hydrogens is 294 g/mol. The van der Waals surface area contributed by atoms with Crippen LogP contribution in [0.3, 0.4) is 0 Å². The molecule has 0 spiro atoms. The highest BCUT2D eigenvalue weighted by Crippen LogP contribution is 2.39. The summed E-state index contributed by atoms with van der Waals surface area (Å²) in [4.78, 5) is 0.756. The van der Waals surface area contributed by atoms with Crippen LogP contribution in [0.15, 0.2) is 70.7 Å². The van der Waals surface area contributed by atoms with Gasteiger partial charge in [-0.2, -0.15) is 0 Å². The Bertz CT molecular complexity index is 892. The lowest BCUT2D eigenvalue weighted by Crippen LogP contribution is -2.19. The second-order valence-electron chi connectivity index (χ2n) is 5.64. The van der Waals surface area contributed by atoms with Crippen molar-refractivity contribution in [3.05, 3.63) is 76.3 Å². The van der Waals surface area contributed by atoms with E-state index in [0.29, 0.717) is 9.81 Å². The molecule has 2 aliphatic rings. The van der Waals surface area contributed by atoms with Gasteiger partial charge in [-0.05, 0) is 35.8 Å². The summed E-state index contributed by atoms with van der Waals surface area (Å²) in [6.45, 7) is 1.95. The maximum Gasteiger partial charge on any atom is 0.208 e. The van der Waals surface area contributed by atoms with Gasteiger partial charge in [0.25, 0.3) is 0 Å². The summed E-state index contributed by atoms with van der Waals surface area (Å²) in [6.07, 6.45) is 7.35. The van der Waals surface area contributed by atoms with Crippen LogP contribution in [0.2, 0.25) is 0 Å². The van der Waals surface area contributed by atoms with Crippen molar-refractivity contribution in [2.24, 2.45) is 0 Å². The third-order valence-electron chi connectivity index (χ3n) is 3.89. The summed E-state index contributed by atoms with van der Waals surface area (Å²) in [7, 11) is 0.298. The Kier molecular flexibility index (Phi) is 3.49. The lowest BCUT2D eigenvalue weighted by Gasteiger charge is -2.22. The third-order valence-corrected chi connectivity index (χ3v) is 5.74. The van der Waals surface area contributed by atoms with Crippen LogP contribution in [0.1, 0.15) is 12.5 Å². The van der Waals surface area contributed by atoms with E-state index in [4.69, 9.17) is 0 Å². The molecule has 0 atom stereocenters. The normalized spacial score (nSPS) is 19.5. The Morgan fingerprint density at radius 2 is 1.59 bits per heavy atom. The van der Waals surface area contributed by atoms with Crippen molar-refractivity contribution in [1.82, 2.24) is 0 Å². The molecule has 1 aliphatic carbocycles. The minimum absolute atomic E-state index is 0.369. The molecular formula is C18H18NO2S+. The Balaban J connectivity index is 2.27. The van der Waals surface area contributed by atoms with Crippen LogP contribution < -0.4 is 0 Å². The monoisotopic (exact) mass is 312 g/mol. The molecule has 3 nitrogen and oxygen atoms in total. The van der Waals surface area contributed by atoms with Gasteiger partial charge in [-0.15, -0.1) is 0 Å². The number of allylic oxidation sites excluding steroid dienone is 6. The third kappa shape index (κ3) is 2.29. The molecule has 22 heavy (non-hydrogen) atoms. The maximum absolute atomic E-state index is 13.0. The van der Waals surface area contributed by atoms with Crippen molar-refractivity contribution >= 4 is 20.5 Å². The number of hydrogen-bond donors (Lipinski definition) is 0. The highest BCUT2D eigenvalue weighted by atomic mass is 32.2. The topological polar surface area (TPSA) is 37.1 Å². The van der Waals surface area contributed by atoms with Crippen LogP contribution >= 0.6 is 0 Å². The second kappa shape index (κ2) is 5.21. The zero-order chi connectivity index (χ0) is 15.9. The van der Waals surface area contributed by atoms with Crippen LogP contribution in [-0.2, 0) is 9.84 Å². The molecule has 112 valence electrons. The van der Waals surface area contributed by atoms with Gasteiger partial charge in [0.1, 0.15) is 14.1 Å². The van der Waals surface area contributed by atoms with Gasteiger partial charge in [0, 0.05) is 12.2 Å². The van der Waals surface area contributed by atoms with E-state index in [0.717, 1.165) is 22.4 Å². The fourth-order valence-corrected chi connectivity index (χ4v) is 4.46. The van der Waals surface area contributed by atoms with Crippen molar-refractivity contribution in [3.8, 4) is 0 Å². The summed E-state index contributed by atoms with van der Waals surface area (Å²) >= 11 is 0. The van der Waals surface area contributed by atoms with Crippen LogP contribution in [0.5, 0.6) is 0 Å². The molecule has 1 aromatic carbocycles. The summed E-state index contributed by atoms with van der Waals surface area (Å²) in [5, 5.41) is 0. The summed E-state index contributed by atoms with van der Waals surface area (Å²) in [5.41, 5.74) is 3.35. The predicted molar refractivity (Wildman–Crippen MR) is 90.4 cm³/mol. The maximum atomic E-state index is 13.0. The largest absolute Gasteiger partial charge is 0.235 e. The number of sulfone groups is 1. The van der Waals surface area contributed by atoms with Gasteiger partial charge in [0.15, 0.2) is 0 Å². The van der Waals surface area contributed by atoms with E-state index < -0.39 is 9.84 Å². The van der Waals surface area contributed by atoms with E-state index in [9.17, 15) is 8.42 Å². The minimum atomic E-state index is -3.51. The van der Waals surface area contributed by atoms with Crippen LogP contribution in [0, 0.1) is 0 Å². The van der Waals surface area contributed by atoms with Gasteiger partial charge in [-0.25, -0.2) is 13.0 Å². The van der Waals surface area contributed by atoms with Crippen LogP contribution in [-0.4, -0.2) is 32.8 Å². The Labute approximate surface area is 131 Å². The Morgan fingerprint density at radius 1 is 0.909 bits per heavy atom. The van der Waals surface area contributed by atoms with Gasteiger partial charge in [0.05, 0.1) is 9.81 Å². The van der Waals surface area contributed by atoms with Gasteiger partial charge in [-0.3, -0.25) is 0 Å². The molecule has 0 radical (unpaired) electrons. The molecule has 1 aliphatic heterocycles. The van der Waals surface area contributed by atoms with Crippen molar-refractivity contribution in [1.29, 1.82) is 0 Å². The number of fused-ring (bicyclic) bond motifs is 1. The zero-order valence-corrected chi connectivity index (χ0v) is 13.7. The number of rotatable bonds is 1. The summed E-state index contributed by atoms with van der Waals surface area (Å²) < 4.78 is 28.0. The summed E-state index contributed by atoms with van der Waals surface area (Å²) in [5.74, 6) is 0. The van der Waals surface area contributed by atoms with Gasteiger partial charge in [0.2, 0.25) is 15.5 Å². The van der Waals surface area contributed by atoms with E-state index in [1.54, 1.807) is 12.2 Å². The van der Waals surface area contributed by atoms with Gasteiger partial charge >= 0.3 is 0 Å². The smallest absolute Gasteiger partial charge is 0.208 e. The highest BCUT2D eigenvalue weighted by Gasteiger charge is 2.33. The second-order valence-corrected chi connectivity index (χ2v) is 7.52. The lowest BCUT2D eigenvalue weighted by atomic mass is 10.0. The number of hydrogen-bond acceptors (Lipinski definition) is 2. The molecule has 0 aromatic heterocycles. The highest BCUT2D eigenvalue weighted by molar-refractivity contribution is 8.04. The van der Waals surface area contributed by atoms with Gasteiger partial charge in [-0.1, -0.05) is 30.3 Å². The first-order valence-electron chi connectivity index (χ1n) is 7.09. The zero-order valence-electron chi connectivity index (χ0n) is 12.9. The van der Waals surface area contributed by atoms with E-state index in [1.807, 2.05) is 68.1 Å². The van der Waals surface area contributed by atoms with E-state index in [2.05, 4.69) is 0 Å². The van der Waals surface area contributed by atoms with Crippen molar-refractivity contribution < 1.29 is 13.0 Å². The van der Waals surface area contributed by atoms with Crippen LogP contribution in [0.25, 0.3) is 4.91 Å². The fraction of sp³-hybridized carbons (Fsp3) is 0.167. The minimum Gasteiger partial charge on any atom is -0.235 e. The van der Waals surface area contributed by atoms with Crippen LogP contribution in [0.4, 0.5) is 0 Å². The molecule has 0 saturated heterocycles. The fourth-order valence-electron chi connectivity index (χ4n) is 2.65. The molecule has 0 unspecified atom stereocenters.